The van der Waals surface area contributed by atoms with Crippen LogP contribution in [0, 0.1) is 0 Å². The number of nitrogens with zero attached hydrogens (tertiary/aromatic N) is 1. The Morgan fingerprint density at radius 3 is 2.50 bits per heavy atom. The quantitative estimate of drug-likeness (QED) is 0.801. The molecule has 1 N–H and O–H groups in total. The van der Waals surface area contributed by atoms with Gasteiger partial charge in [0, 0.05) is 23.9 Å². The van der Waals surface area contributed by atoms with Gasteiger partial charge in [-0.15, -0.1) is 0 Å². The maximum Gasteiger partial charge on any atom is 0.330 e. The summed E-state index contributed by atoms with van der Waals surface area (Å²) in [4.78, 5) is 23.0. The van der Waals surface area contributed by atoms with Crippen molar-refractivity contribution in [2.45, 2.75) is 13.0 Å². The molecule has 0 fully saturated rings. The van der Waals surface area contributed by atoms with Crippen molar-refractivity contribution in [3.05, 3.63) is 35.9 Å². The van der Waals surface area contributed by atoms with Gasteiger partial charge in [0.2, 0.25) is 0 Å². The number of aliphatic carboxylic acids is 1. The third-order valence-electron chi connectivity index (χ3n) is 2.25. The molecule has 0 saturated heterocycles. The van der Waals surface area contributed by atoms with E-state index in [2.05, 4.69) is 0 Å². The third-order valence-corrected chi connectivity index (χ3v) is 2.64. The number of hydrogen-bond acceptors (Lipinski definition) is 3. The Bertz CT molecular complexity index is 410. The predicted octanol–water partition coefficient (Wildman–Crippen LogP) is 1.77. The lowest BCUT2D eigenvalue weighted by atomic mass is 10.2. The number of amides is 1. The molecular weight excluding hydrogens is 258 g/mol. The predicted molar refractivity (Wildman–Crippen MR) is 66.4 cm³/mol. The minimum Gasteiger partial charge on any atom is -0.480 e. The number of carbonyl (C=O) groups excluding carboxylic acids is 1. The summed E-state index contributed by atoms with van der Waals surface area (Å²) in [5.41, 5.74) is 0.329. The standard InChI is InChI=1S/C12H14ClNO4/c1-2-18-8-10(12(16)17)14(13)11(15)9-6-4-3-5-7-9/h3-7,10H,2,8H2,1H3,(H,16,17). The van der Waals surface area contributed by atoms with Crippen LogP contribution in [0.15, 0.2) is 30.3 Å². The molecule has 1 aromatic carbocycles. The molecule has 0 spiro atoms. The number of rotatable bonds is 6. The van der Waals surface area contributed by atoms with Crippen molar-refractivity contribution in [2.75, 3.05) is 13.2 Å². The maximum absolute atomic E-state index is 11.9. The average Bonchev–Trinajstić information content (AvgIpc) is 2.38. The number of carboxylic acids is 1. The van der Waals surface area contributed by atoms with Crippen LogP contribution >= 0.6 is 11.8 Å². The number of carboxylic acid groups (broad SMARTS) is 1. The van der Waals surface area contributed by atoms with E-state index in [0.29, 0.717) is 16.6 Å². The first-order valence-corrected chi connectivity index (χ1v) is 5.76. The normalized spacial score (nSPS) is 11.9. The van der Waals surface area contributed by atoms with Crippen LogP contribution in [-0.4, -0.2) is 40.7 Å². The van der Waals surface area contributed by atoms with E-state index >= 15 is 0 Å². The van der Waals surface area contributed by atoms with Crippen molar-refractivity contribution in [1.82, 2.24) is 4.42 Å². The first-order valence-electron chi connectivity index (χ1n) is 5.42. The second kappa shape index (κ2) is 6.98. The van der Waals surface area contributed by atoms with Crippen LogP contribution in [0.4, 0.5) is 0 Å². The van der Waals surface area contributed by atoms with Crippen molar-refractivity contribution >= 4 is 23.7 Å². The number of hydrogen-bond donors (Lipinski definition) is 1. The molecule has 0 saturated carbocycles. The molecule has 0 radical (unpaired) electrons. The molecule has 98 valence electrons. The molecule has 0 aliphatic heterocycles. The van der Waals surface area contributed by atoms with E-state index in [1.54, 1.807) is 37.3 Å². The third kappa shape index (κ3) is 3.72. The fourth-order valence-corrected chi connectivity index (χ4v) is 1.55. The second-order valence-electron chi connectivity index (χ2n) is 3.50. The van der Waals surface area contributed by atoms with Crippen LogP contribution < -0.4 is 0 Å². The van der Waals surface area contributed by atoms with E-state index in [-0.39, 0.29) is 6.61 Å². The van der Waals surface area contributed by atoms with Crippen molar-refractivity contribution in [1.29, 1.82) is 0 Å². The Hall–Kier alpha value is -1.59. The van der Waals surface area contributed by atoms with Gasteiger partial charge in [-0.2, -0.15) is 0 Å². The SMILES string of the molecule is CCOCC(C(=O)O)N(Cl)C(=O)c1ccccc1. The molecule has 0 aliphatic rings. The van der Waals surface area contributed by atoms with Crippen LogP contribution in [0.2, 0.25) is 0 Å². The van der Waals surface area contributed by atoms with Gasteiger partial charge in [0.1, 0.15) is 0 Å². The van der Waals surface area contributed by atoms with Gasteiger partial charge in [0.25, 0.3) is 5.91 Å². The summed E-state index contributed by atoms with van der Waals surface area (Å²) in [7, 11) is 0. The summed E-state index contributed by atoms with van der Waals surface area (Å²) in [6.45, 7) is 1.94. The largest absolute Gasteiger partial charge is 0.480 e. The zero-order valence-corrected chi connectivity index (χ0v) is 10.6. The number of carbonyl (C=O) groups is 2. The van der Waals surface area contributed by atoms with Crippen LogP contribution in [0.25, 0.3) is 0 Å². The highest BCUT2D eigenvalue weighted by atomic mass is 35.5. The van der Waals surface area contributed by atoms with Gasteiger partial charge in [-0.05, 0) is 19.1 Å². The van der Waals surface area contributed by atoms with Crippen molar-refractivity contribution < 1.29 is 19.4 Å². The molecule has 1 unspecified atom stereocenters. The number of ether oxygens (including phenoxy) is 1. The molecule has 1 amide bonds. The topological polar surface area (TPSA) is 66.8 Å². The minimum absolute atomic E-state index is 0.145. The molecule has 0 heterocycles. The van der Waals surface area contributed by atoms with Crippen molar-refractivity contribution in [2.24, 2.45) is 0 Å². The molecule has 6 heteroatoms. The summed E-state index contributed by atoms with van der Waals surface area (Å²) >= 11 is 5.79. The maximum atomic E-state index is 11.9. The highest BCUT2D eigenvalue weighted by Crippen LogP contribution is 2.12. The Labute approximate surface area is 110 Å². The van der Waals surface area contributed by atoms with Crippen LogP contribution in [-0.2, 0) is 9.53 Å². The Morgan fingerprint density at radius 2 is 2.00 bits per heavy atom. The zero-order valence-electron chi connectivity index (χ0n) is 9.88. The number of halogens is 1. The van der Waals surface area contributed by atoms with Crippen molar-refractivity contribution in [3.8, 4) is 0 Å². The van der Waals surface area contributed by atoms with E-state index in [1.807, 2.05) is 0 Å². The Morgan fingerprint density at radius 1 is 1.39 bits per heavy atom. The number of benzene rings is 1. The van der Waals surface area contributed by atoms with E-state index in [4.69, 9.17) is 21.6 Å². The molecule has 0 aliphatic carbocycles. The Kier molecular flexibility index (Phi) is 5.61. The van der Waals surface area contributed by atoms with Gasteiger partial charge in [0.05, 0.1) is 6.61 Å². The first-order chi connectivity index (χ1) is 8.57. The van der Waals surface area contributed by atoms with Gasteiger partial charge in [0.15, 0.2) is 6.04 Å². The minimum atomic E-state index is -1.21. The van der Waals surface area contributed by atoms with E-state index < -0.39 is 17.9 Å². The Balaban J connectivity index is 2.80. The van der Waals surface area contributed by atoms with Gasteiger partial charge in [-0.1, -0.05) is 18.2 Å². The highest BCUT2D eigenvalue weighted by Gasteiger charge is 2.29. The monoisotopic (exact) mass is 271 g/mol. The molecule has 1 rings (SSSR count). The van der Waals surface area contributed by atoms with E-state index in [0.717, 1.165) is 0 Å². The molecule has 18 heavy (non-hydrogen) atoms. The molecule has 0 bridgehead atoms. The van der Waals surface area contributed by atoms with Crippen LogP contribution in [0.3, 0.4) is 0 Å². The smallest absolute Gasteiger partial charge is 0.330 e. The lowest BCUT2D eigenvalue weighted by Gasteiger charge is -2.21. The summed E-state index contributed by atoms with van der Waals surface area (Å²) in [6.07, 6.45) is 0. The summed E-state index contributed by atoms with van der Waals surface area (Å²) in [5.74, 6) is -1.77. The lowest BCUT2D eigenvalue weighted by molar-refractivity contribution is -0.142. The van der Waals surface area contributed by atoms with Gasteiger partial charge < -0.3 is 9.84 Å². The van der Waals surface area contributed by atoms with E-state index in [9.17, 15) is 9.59 Å². The fourth-order valence-electron chi connectivity index (χ4n) is 1.31. The average molecular weight is 272 g/mol. The van der Waals surface area contributed by atoms with Gasteiger partial charge in [-0.3, -0.25) is 4.79 Å². The first kappa shape index (κ1) is 14.5. The highest BCUT2D eigenvalue weighted by molar-refractivity contribution is 6.25. The van der Waals surface area contributed by atoms with Gasteiger partial charge in [-0.25, -0.2) is 9.21 Å². The summed E-state index contributed by atoms with van der Waals surface area (Å²) < 4.78 is 5.66. The molecule has 5 nitrogen and oxygen atoms in total. The fraction of sp³-hybridized carbons (Fsp3) is 0.333. The van der Waals surface area contributed by atoms with Crippen LogP contribution in [0.1, 0.15) is 17.3 Å². The van der Waals surface area contributed by atoms with Crippen LogP contribution in [0.5, 0.6) is 0 Å². The van der Waals surface area contributed by atoms with Crippen molar-refractivity contribution in [3.63, 3.8) is 0 Å². The molecule has 0 aromatic heterocycles. The lowest BCUT2D eigenvalue weighted by Crippen LogP contribution is -2.42. The molecular formula is C12H14ClNO4. The molecule has 1 atom stereocenters. The van der Waals surface area contributed by atoms with E-state index in [1.165, 1.54) is 0 Å². The van der Waals surface area contributed by atoms with Gasteiger partial charge >= 0.3 is 5.97 Å². The molecule has 1 aromatic rings. The summed E-state index contributed by atoms with van der Waals surface area (Å²) in [6, 6.07) is 7.03. The zero-order chi connectivity index (χ0) is 13.5. The second-order valence-corrected chi connectivity index (χ2v) is 3.86. The summed E-state index contributed by atoms with van der Waals surface area (Å²) in [5, 5.41) is 9.01.